The number of nitrogens with two attached hydrogens (primary N) is 1. The molecule has 0 atom stereocenters. The Morgan fingerprint density at radius 2 is 1.81 bits per heavy atom. The predicted molar refractivity (Wildman–Crippen MR) is 110 cm³/mol. The summed E-state index contributed by atoms with van der Waals surface area (Å²) in [6.07, 6.45) is 0. The average molecular weight is 473 g/mol. The zero-order valence-corrected chi connectivity index (χ0v) is 17.2. The van der Waals surface area contributed by atoms with Crippen LogP contribution in [-0.4, -0.2) is 38.9 Å². The van der Waals surface area contributed by atoms with E-state index >= 15 is 0 Å². The lowest BCUT2D eigenvalue weighted by atomic mass is 10.2. The average Bonchev–Trinajstić information content (AvgIpc) is 3.08. The van der Waals surface area contributed by atoms with Crippen LogP contribution in [0, 0.1) is 0 Å². The number of nitrogens with one attached hydrogen (secondary N) is 1. The maximum absolute atomic E-state index is 12.6. The van der Waals surface area contributed by atoms with Gasteiger partial charge in [0.25, 0.3) is 5.76 Å². The monoisotopic (exact) mass is 473 g/mol. The van der Waals surface area contributed by atoms with Gasteiger partial charge >= 0.3 is 6.61 Å². The van der Waals surface area contributed by atoms with E-state index in [0.717, 1.165) is 16.4 Å². The first-order valence-corrected chi connectivity index (χ1v) is 10.4. The number of carbonyl (C=O) groups is 1. The molecule has 0 bridgehead atoms. The number of benzene rings is 2. The van der Waals surface area contributed by atoms with E-state index < -0.39 is 18.3 Å². The fourth-order valence-corrected chi connectivity index (χ4v) is 3.69. The van der Waals surface area contributed by atoms with Crippen LogP contribution in [0.1, 0.15) is 0 Å². The zero-order chi connectivity index (χ0) is 22.4. The number of rotatable bonds is 9. The minimum Gasteiger partial charge on any atom is -0.435 e. The summed E-state index contributed by atoms with van der Waals surface area (Å²) in [5.74, 6) is 3.07. The molecule has 0 unspecified atom stereocenters. The lowest BCUT2D eigenvalue weighted by Crippen LogP contribution is -2.17. The molecule has 3 aromatic rings. The van der Waals surface area contributed by atoms with Gasteiger partial charge in [-0.2, -0.15) is 17.6 Å². The number of amides is 1. The van der Waals surface area contributed by atoms with Crippen molar-refractivity contribution < 1.29 is 27.1 Å². The van der Waals surface area contributed by atoms with Gasteiger partial charge in [0.15, 0.2) is 5.82 Å². The van der Waals surface area contributed by atoms with E-state index in [4.69, 9.17) is 5.84 Å². The van der Waals surface area contributed by atoms with E-state index in [0.29, 0.717) is 17.3 Å². The molecule has 0 aliphatic carbocycles. The second-order valence-electron chi connectivity index (χ2n) is 5.79. The quantitative estimate of drug-likeness (QED) is 0.272. The third-order valence-electron chi connectivity index (χ3n) is 3.71. The van der Waals surface area contributed by atoms with Gasteiger partial charge < -0.3 is 15.9 Å². The SMILES string of the molecule is Nn1c(SCC(=O)Nc2ccccc2SC(F)F)nnc1-c1ccc(OC(F)F)cc1. The fourth-order valence-electron chi connectivity index (χ4n) is 2.44. The molecule has 1 amide bonds. The molecule has 0 spiro atoms. The van der Waals surface area contributed by atoms with Crippen molar-refractivity contribution in [3.63, 3.8) is 0 Å². The first kappa shape index (κ1) is 22.7. The van der Waals surface area contributed by atoms with Crippen molar-refractivity contribution in [2.75, 3.05) is 16.9 Å². The van der Waals surface area contributed by atoms with E-state index in [9.17, 15) is 22.4 Å². The van der Waals surface area contributed by atoms with Crippen molar-refractivity contribution >= 4 is 35.1 Å². The molecule has 0 radical (unpaired) electrons. The molecule has 2 aromatic carbocycles. The zero-order valence-electron chi connectivity index (χ0n) is 15.5. The summed E-state index contributed by atoms with van der Waals surface area (Å²) < 4.78 is 55.2. The van der Waals surface area contributed by atoms with Gasteiger partial charge in [-0.1, -0.05) is 35.7 Å². The maximum atomic E-state index is 12.6. The van der Waals surface area contributed by atoms with Crippen LogP contribution in [0.15, 0.2) is 58.6 Å². The summed E-state index contributed by atoms with van der Waals surface area (Å²) in [4.78, 5) is 12.5. The number of nitrogen functional groups attached to an aromatic ring is 1. The maximum Gasteiger partial charge on any atom is 0.387 e. The van der Waals surface area contributed by atoms with Crippen LogP contribution in [0.3, 0.4) is 0 Å². The van der Waals surface area contributed by atoms with E-state index in [1.165, 1.54) is 36.4 Å². The van der Waals surface area contributed by atoms with Gasteiger partial charge in [-0.25, -0.2) is 4.68 Å². The highest BCUT2D eigenvalue weighted by Gasteiger charge is 2.16. The molecule has 1 aromatic heterocycles. The van der Waals surface area contributed by atoms with Crippen LogP contribution in [-0.2, 0) is 4.79 Å². The number of aromatic nitrogens is 3. The summed E-state index contributed by atoms with van der Waals surface area (Å²) in [6, 6.07) is 11.9. The largest absolute Gasteiger partial charge is 0.435 e. The molecule has 0 saturated carbocycles. The lowest BCUT2D eigenvalue weighted by molar-refractivity contribution is -0.113. The third kappa shape index (κ3) is 6.28. The number of ether oxygens (including phenoxy) is 1. The number of hydrogen-bond donors (Lipinski definition) is 2. The molecule has 0 aliphatic heterocycles. The highest BCUT2D eigenvalue weighted by atomic mass is 32.2. The third-order valence-corrected chi connectivity index (χ3v) is 5.44. The Bertz CT molecular complexity index is 1030. The molecular weight excluding hydrogens is 458 g/mol. The summed E-state index contributed by atoms with van der Waals surface area (Å²) in [5, 5.41) is 10.7. The van der Waals surface area contributed by atoms with Crippen LogP contribution in [0.2, 0.25) is 0 Å². The molecule has 1 heterocycles. The van der Waals surface area contributed by atoms with Crippen molar-refractivity contribution in [3.8, 4) is 17.1 Å². The molecule has 0 saturated heterocycles. The van der Waals surface area contributed by atoms with Crippen molar-refractivity contribution in [3.05, 3.63) is 48.5 Å². The molecule has 3 rings (SSSR count). The number of nitrogens with zero attached hydrogens (tertiary/aromatic N) is 3. The number of carbonyl (C=O) groups excluding carboxylic acids is 1. The van der Waals surface area contributed by atoms with Gasteiger partial charge in [0.2, 0.25) is 11.1 Å². The Balaban J connectivity index is 1.62. The number of para-hydroxylation sites is 1. The van der Waals surface area contributed by atoms with Gasteiger partial charge in [-0.3, -0.25) is 4.79 Å². The smallest absolute Gasteiger partial charge is 0.387 e. The minimum absolute atomic E-state index is 0.0154. The molecule has 3 N–H and O–H groups in total. The van der Waals surface area contributed by atoms with E-state index in [-0.39, 0.29) is 33.1 Å². The van der Waals surface area contributed by atoms with Crippen LogP contribution < -0.4 is 15.9 Å². The van der Waals surface area contributed by atoms with Gasteiger partial charge in [0.05, 0.1) is 11.4 Å². The summed E-state index contributed by atoms with van der Waals surface area (Å²) in [7, 11) is 0. The Morgan fingerprint density at radius 1 is 1.10 bits per heavy atom. The number of hydrogen-bond acceptors (Lipinski definition) is 7. The van der Waals surface area contributed by atoms with Crippen LogP contribution in [0.5, 0.6) is 5.75 Å². The molecule has 0 aliphatic rings. The van der Waals surface area contributed by atoms with Crippen LogP contribution in [0.25, 0.3) is 11.4 Å². The lowest BCUT2D eigenvalue weighted by Gasteiger charge is -2.10. The van der Waals surface area contributed by atoms with Crippen LogP contribution in [0.4, 0.5) is 23.2 Å². The minimum atomic E-state index is -2.93. The van der Waals surface area contributed by atoms with Gasteiger partial charge in [-0.05, 0) is 36.4 Å². The second kappa shape index (κ2) is 10.4. The summed E-state index contributed by atoms with van der Waals surface area (Å²) in [5.41, 5.74) is 0.783. The topological polar surface area (TPSA) is 95.1 Å². The molecule has 0 fully saturated rings. The van der Waals surface area contributed by atoms with E-state index in [1.807, 2.05) is 0 Å². The first-order valence-electron chi connectivity index (χ1n) is 8.55. The van der Waals surface area contributed by atoms with Gasteiger partial charge in [0.1, 0.15) is 5.75 Å². The number of anilines is 1. The van der Waals surface area contributed by atoms with Crippen molar-refractivity contribution in [1.29, 1.82) is 0 Å². The highest BCUT2D eigenvalue weighted by molar-refractivity contribution is 8.00. The Hall–Kier alpha value is -2.93. The molecular formula is C18H15F4N5O2S2. The fraction of sp³-hybridized carbons (Fsp3) is 0.167. The van der Waals surface area contributed by atoms with E-state index in [2.05, 4.69) is 20.3 Å². The second-order valence-corrected chi connectivity index (χ2v) is 7.76. The Kier molecular flexibility index (Phi) is 7.63. The normalized spacial score (nSPS) is 11.2. The standard InChI is InChI=1S/C18H15F4N5O2S2/c19-16(20)29-11-7-5-10(6-8-11)15-25-26-18(27(15)23)30-9-14(28)24-12-3-1-2-4-13(12)31-17(21)22/h1-8,16-17H,9,23H2,(H,24,28). The number of alkyl halides is 4. The number of halogens is 4. The van der Waals surface area contributed by atoms with Gasteiger partial charge in [-0.15, -0.1) is 10.2 Å². The highest BCUT2D eigenvalue weighted by Crippen LogP contribution is 2.32. The van der Waals surface area contributed by atoms with Crippen LogP contribution >= 0.6 is 23.5 Å². The van der Waals surface area contributed by atoms with E-state index in [1.54, 1.807) is 12.1 Å². The summed E-state index contributed by atoms with van der Waals surface area (Å²) in [6.45, 7) is -2.93. The molecule has 7 nitrogen and oxygen atoms in total. The molecule has 13 heteroatoms. The predicted octanol–water partition coefficient (Wildman–Crippen LogP) is 4.31. The van der Waals surface area contributed by atoms with Crippen molar-refractivity contribution in [2.24, 2.45) is 0 Å². The number of thioether (sulfide) groups is 2. The van der Waals surface area contributed by atoms with Crippen molar-refractivity contribution in [1.82, 2.24) is 14.9 Å². The summed E-state index contributed by atoms with van der Waals surface area (Å²) >= 11 is 1.33. The molecule has 164 valence electrons. The van der Waals surface area contributed by atoms with Gasteiger partial charge in [0, 0.05) is 10.5 Å². The Labute approximate surface area is 182 Å². The Morgan fingerprint density at radius 3 is 2.48 bits per heavy atom. The first-order chi connectivity index (χ1) is 14.8. The van der Waals surface area contributed by atoms with Crippen molar-refractivity contribution in [2.45, 2.75) is 22.4 Å². The molecule has 31 heavy (non-hydrogen) atoms.